The van der Waals surface area contributed by atoms with Gasteiger partial charge in [0, 0.05) is 16.0 Å². The number of nitrogens with zero attached hydrogens (tertiary/aromatic N) is 2. The van der Waals surface area contributed by atoms with E-state index >= 15 is 0 Å². The fourth-order valence-corrected chi connectivity index (χ4v) is 1.62. The summed E-state index contributed by atoms with van der Waals surface area (Å²) in [5.41, 5.74) is 2.17. The van der Waals surface area contributed by atoms with E-state index in [2.05, 4.69) is 47.8 Å². The van der Waals surface area contributed by atoms with E-state index in [-0.39, 0.29) is 0 Å². The highest BCUT2D eigenvalue weighted by Gasteiger charge is 1.95. The molecule has 0 aliphatic rings. The molecule has 1 atom stereocenters. The lowest BCUT2D eigenvalue weighted by Gasteiger charge is -1.98. The maximum absolute atomic E-state index is 4.29. The number of aromatic nitrogens is 1. The highest BCUT2D eigenvalue weighted by atomic mass is 127. The van der Waals surface area contributed by atoms with Crippen LogP contribution in [0.25, 0.3) is 6.08 Å². The molecule has 0 aromatic carbocycles. The lowest BCUT2D eigenvalue weighted by Crippen LogP contribution is -1.87. The van der Waals surface area contributed by atoms with Crippen LogP contribution in [0.3, 0.4) is 0 Å². The first-order valence-electron chi connectivity index (χ1n) is 3.76. The van der Waals surface area contributed by atoms with Crippen LogP contribution in [-0.2, 0) is 0 Å². The first-order chi connectivity index (χ1) is 6.24. The summed E-state index contributed by atoms with van der Waals surface area (Å²) in [6.07, 6.45) is 7.38. The van der Waals surface area contributed by atoms with E-state index in [4.69, 9.17) is 0 Å². The van der Waals surface area contributed by atoms with Gasteiger partial charge in [-0.15, -0.1) is 0 Å². The Hall–Kier alpha value is -0.280. The van der Waals surface area contributed by atoms with Gasteiger partial charge in [-0.3, -0.25) is 9.75 Å². The second kappa shape index (κ2) is 5.45. The van der Waals surface area contributed by atoms with Crippen molar-refractivity contribution in [2.75, 3.05) is 0 Å². The summed E-state index contributed by atoms with van der Waals surface area (Å²) < 4.78 is 4.93. The molecule has 1 aromatic heterocycles. The fraction of sp³-hybridized carbons (Fsp3) is 0.111. The number of hydrogen-bond acceptors (Lipinski definition) is 2. The number of rotatable bonds is 2. The third-order valence-corrected chi connectivity index (χ3v) is 2.27. The van der Waals surface area contributed by atoms with Crippen molar-refractivity contribution in [2.45, 2.75) is 6.92 Å². The van der Waals surface area contributed by atoms with Crippen molar-refractivity contribution in [3.8, 4) is 0 Å². The summed E-state index contributed by atoms with van der Waals surface area (Å²) in [7, 11) is 2.28. The third kappa shape index (κ3) is 3.53. The molecule has 13 heavy (non-hydrogen) atoms. The van der Waals surface area contributed by atoms with Gasteiger partial charge in [0.2, 0.25) is 0 Å². The minimum atomic E-state index is 0.991. The maximum Gasteiger partial charge on any atom is 0.0660 e. The molecule has 0 aliphatic carbocycles. The van der Waals surface area contributed by atoms with Crippen molar-refractivity contribution in [3.63, 3.8) is 0 Å². The Labute approximate surface area is 94.0 Å². The molecule has 68 valence electrons. The third-order valence-electron chi connectivity index (χ3n) is 1.51. The molecule has 0 aliphatic heterocycles. The Morgan fingerprint density at radius 2 is 2.38 bits per heavy atom. The second-order valence-electron chi connectivity index (χ2n) is 2.51. The molecule has 0 bridgehead atoms. The predicted molar refractivity (Wildman–Crippen MR) is 68.9 cm³/mol. The maximum atomic E-state index is 4.29. The molecule has 0 N–H and O–H groups in total. The van der Waals surface area contributed by atoms with Gasteiger partial charge in [0.1, 0.15) is 0 Å². The van der Waals surface area contributed by atoms with Crippen LogP contribution >= 0.6 is 32.0 Å². The highest BCUT2D eigenvalue weighted by molar-refractivity contribution is 14.1. The van der Waals surface area contributed by atoms with Crippen LogP contribution in [0.1, 0.15) is 11.3 Å². The number of aryl methyl sites for hydroxylation is 1. The fourth-order valence-electron chi connectivity index (χ4n) is 0.909. The zero-order valence-electron chi connectivity index (χ0n) is 7.24. The number of halogens is 1. The number of pyridine rings is 1. The Bertz CT molecular complexity index is 347. The summed E-state index contributed by atoms with van der Waals surface area (Å²) in [5, 5.41) is 0. The van der Waals surface area contributed by atoms with Crippen molar-refractivity contribution in [2.24, 2.45) is 4.76 Å². The standard InChI is InChI=1S/C9H10IN2P/c1-7-5-8(10)6-11-9(7)3-2-4-12-13/h2-6H,13H2,1H3/b3-2-,12-4+. The summed E-state index contributed by atoms with van der Waals surface area (Å²) in [4.78, 5) is 4.29. The van der Waals surface area contributed by atoms with Crippen LogP contribution < -0.4 is 0 Å². The molecule has 1 rings (SSSR count). The van der Waals surface area contributed by atoms with Crippen molar-refractivity contribution < 1.29 is 0 Å². The summed E-state index contributed by atoms with van der Waals surface area (Å²) in [6, 6.07) is 2.10. The monoisotopic (exact) mass is 304 g/mol. The van der Waals surface area contributed by atoms with Crippen LogP contribution in [0.2, 0.25) is 0 Å². The van der Waals surface area contributed by atoms with Crippen molar-refractivity contribution in [3.05, 3.63) is 33.2 Å². The van der Waals surface area contributed by atoms with Gasteiger partial charge in [-0.1, -0.05) is 0 Å². The van der Waals surface area contributed by atoms with Crippen molar-refractivity contribution >= 4 is 44.3 Å². The van der Waals surface area contributed by atoms with Gasteiger partial charge in [-0.05, 0) is 62.7 Å². The quantitative estimate of drug-likeness (QED) is 0.468. The van der Waals surface area contributed by atoms with Crippen LogP contribution in [0.4, 0.5) is 0 Å². The average molecular weight is 304 g/mol. The van der Waals surface area contributed by atoms with E-state index in [0.717, 1.165) is 9.26 Å². The van der Waals surface area contributed by atoms with Crippen molar-refractivity contribution in [1.29, 1.82) is 0 Å². The molecule has 1 heterocycles. The largest absolute Gasteiger partial charge is 0.276 e. The van der Waals surface area contributed by atoms with Gasteiger partial charge in [-0.25, -0.2) is 0 Å². The Kier molecular flexibility index (Phi) is 4.53. The van der Waals surface area contributed by atoms with Gasteiger partial charge in [0.15, 0.2) is 0 Å². The summed E-state index contributed by atoms with van der Waals surface area (Å²) >= 11 is 2.25. The molecule has 4 heteroatoms. The Morgan fingerprint density at radius 3 is 3.00 bits per heavy atom. The normalized spacial score (nSPS) is 11.6. The first kappa shape index (κ1) is 10.8. The molecule has 2 nitrogen and oxygen atoms in total. The van der Waals surface area contributed by atoms with Crippen LogP contribution in [0.5, 0.6) is 0 Å². The summed E-state index contributed by atoms with van der Waals surface area (Å²) in [5.74, 6) is 0. The number of hydrogen-bond donors (Lipinski definition) is 0. The molecule has 0 saturated heterocycles. The molecular formula is C9H10IN2P. The van der Waals surface area contributed by atoms with Gasteiger partial charge < -0.3 is 0 Å². The minimum Gasteiger partial charge on any atom is -0.276 e. The smallest absolute Gasteiger partial charge is 0.0660 e. The average Bonchev–Trinajstić information content (AvgIpc) is 2.09. The van der Waals surface area contributed by atoms with Crippen molar-refractivity contribution in [1.82, 2.24) is 4.98 Å². The molecule has 1 unspecified atom stereocenters. The zero-order valence-corrected chi connectivity index (χ0v) is 10.5. The van der Waals surface area contributed by atoms with Crippen LogP contribution in [0, 0.1) is 10.5 Å². The van der Waals surface area contributed by atoms with E-state index in [1.165, 1.54) is 5.56 Å². The molecule has 1 aromatic rings. The molecular weight excluding hydrogens is 294 g/mol. The van der Waals surface area contributed by atoms with E-state index in [0.29, 0.717) is 0 Å². The van der Waals surface area contributed by atoms with Gasteiger partial charge >= 0.3 is 0 Å². The predicted octanol–water partition coefficient (Wildman–Crippen LogP) is 2.87. The summed E-state index contributed by atoms with van der Waals surface area (Å²) in [6.45, 7) is 2.05. The lowest BCUT2D eigenvalue weighted by atomic mass is 10.2. The molecule has 0 spiro atoms. The number of allylic oxidation sites excluding steroid dienone is 1. The minimum absolute atomic E-state index is 0.991. The lowest BCUT2D eigenvalue weighted by molar-refractivity contribution is 1.22. The van der Waals surface area contributed by atoms with E-state index in [9.17, 15) is 0 Å². The topological polar surface area (TPSA) is 25.2 Å². The molecule has 0 saturated carbocycles. The Balaban J connectivity index is 2.89. The SMILES string of the molecule is Cc1cc(I)cnc1/C=C\C=N\P. The second-order valence-corrected chi connectivity index (χ2v) is 4.06. The van der Waals surface area contributed by atoms with Gasteiger partial charge in [0.05, 0.1) is 5.69 Å². The molecule has 0 amide bonds. The van der Waals surface area contributed by atoms with Crippen LogP contribution in [0.15, 0.2) is 23.1 Å². The Morgan fingerprint density at radius 1 is 1.62 bits per heavy atom. The highest BCUT2D eigenvalue weighted by Crippen LogP contribution is 2.10. The van der Waals surface area contributed by atoms with E-state index in [1.54, 1.807) is 6.21 Å². The van der Waals surface area contributed by atoms with Gasteiger partial charge in [-0.2, -0.15) is 0 Å². The van der Waals surface area contributed by atoms with E-state index in [1.807, 2.05) is 25.3 Å². The van der Waals surface area contributed by atoms with Gasteiger partial charge in [0.25, 0.3) is 0 Å². The zero-order chi connectivity index (χ0) is 9.68. The van der Waals surface area contributed by atoms with Crippen LogP contribution in [-0.4, -0.2) is 11.2 Å². The first-order valence-corrected chi connectivity index (χ1v) is 5.35. The van der Waals surface area contributed by atoms with E-state index < -0.39 is 0 Å². The molecule has 0 fully saturated rings. The molecule has 0 radical (unpaired) electrons.